The van der Waals surface area contributed by atoms with Gasteiger partial charge in [-0.1, -0.05) is 82.0 Å². The van der Waals surface area contributed by atoms with Crippen LogP contribution in [0.15, 0.2) is 61.2 Å². The Kier molecular flexibility index (Phi) is 10.9. The summed E-state index contributed by atoms with van der Waals surface area (Å²) in [6, 6.07) is 15.2. The van der Waals surface area contributed by atoms with Crippen LogP contribution in [0.1, 0.15) is 84.5 Å². The molecule has 0 heterocycles. The van der Waals surface area contributed by atoms with Crippen LogP contribution in [0.25, 0.3) is 6.08 Å². The summed E-state index contributed by atoms with van der Waals surface area (Å²) in [4.78, 5) is 42.7. The average molecular weight is 536 g/mol. The van der Waals surface area contributed by atoms with Gasteiger partial charge in [0.2, 0.25) is 11.8 Å². The fourth-order valence-corrected chi connectivity index (χ4v) is 4.20. The summed E-state index contributed by atoms with van der Waals surface area (Å²) in [5, 5.41) is 5.81. The molecule has 0 aliphatic heterocycles. The van der Waals surface area contributed by atoms with Gasteiger partial charge in [0.1, 0.15) is 17.7 Å². The molecular formula is C32H45N3O4. The van der Waals surface area contributed by atoms with Crippen molar-refractivity contribution in [3.8, 4) is 0 Å². The van der Waals surface area contributed by atoms with Gasteiger partial charge >= 0.3 is 6.09 Å². The second-order valence-electron chi connectivity index (χ2n) is 11.7. The van der Waals surface area contributed by atoms with Crippen molar-refractivity contribution in [2.45, 2.75) is 91.6 Å². The molecule has 3 amide bonds. The third kappa shape index (κ3) is 8.98. The van der Waals surface area contributed by atoms with Crippen molar-refractivity contribution in [3.63, 3.8) is 0 Å². The fourth-order valence-electron chi connectivity index (χ4n) is 4.20. The highest BCUT2D eigenvalue weighted by Crippen LogP contribution is 2.33. The standard InChI is InChI=1S/C32H45N3O4/c1-10-23-18-15-19-25(20-23)27(28(36)33-21-24-16-13-12-14-17-24)35(32(8,9)11-2)29(37)26(22(3)4)34-30(38)39-31(5,6)7/h10,12-20,22,26-27H,1,11,21H2,2-9H3,(H,33,36)(H,34,38). The molecule has 0 aliphatic rings. The third-order valence-corrected chi connectivity index (χ3v) is 6.64. The second-order valence-corrected chi connectivity index (χ2v) is 11.7. The zero-order valence-corrected chi connectivity index (χ0v) is 24.7. The van der Waals surface area contributed by atoms with Gasteiger partial charge in [0.25, 0.3) is 0 Å². The van der Waals surface area contributed by atoms with Gasteiger partial charge in [0.15, 0.2) is 0 Å². The number of carbonyl (C=O) groups is 3. The molecule has 0 aliphatic carbocycles. The Morgan fingerprint density at radius 1 is 1.00 bits per heavy atom. The van der Waals surface area contributed by atoms with E-state index in [4.69, 9.17) is 4.74 Å². The molecule has 2 rings (SSSR count). The molecule has 0 bridgehead atoms. The first kappa shape index (κ1) is 31.6. The summed E-state index contributed by atoms with van der Waals surface area (Å²) in [6.07, 6.45) is 1.61. The number of hydrogen-bond donors (Lipinski definition) is 2. The van der Waals surface area contributed by atoms with Crippen LogP contribution >= 0.6 is 0 Å². The first-order chi connectivity index (χ1) is 18.2. The Hall–Kier alpha value is -3.61. The van der Waals surface area contributed by atoms with E-state index in [0.717, 1.165) is 11.1 Å². The van der Waals surface area contributed by atoms with Crippen molar-refractivity contribution in [2.24, 2.45) is 5.92 Å². The molecule has 2 aromatic rings. The molecular weight excluding hydrogens is 490 g/mol. The lowest BCUT2D eigenvalue weighted by atomic mass is 9.90. The van der Waals surface area contributed by atoms with Gasteiger partial charge in [-0.2, -0.15) is 0 Å². The fraction of sp³-hybridized carbons (Fsp3) is 0.469. The molecule has 2 unspecified atom stereocenters. The van der Waals surface area contributed by atoms with E-state index in [0.29, 0.717) is 18.5 Å². The number of ether oxygens (including phenoxy) is 1. The topological polar surface area (TPSA) is 87.7 Å². The molecule has 0 saturated carbocycles. The first-order valence-electron chi connectivity index (χ1n) is 13.6. The van der Waals surface area contributed by atoms with Gasteiger partial charge < -0.3 is 20.3 Å². The molecule has 0 aromatic heterocycles. The monoisotopic (exact) mass is 535 g/mol. The summed E-state index contributed by atoms with van der Waals surface area (Å²) in [5.74, 6) is -0.922. The maximum Gasteiger partial charge on any atom is 0.408 e. The van der Waals surface area contributed by atoms with E-state index in [1.165, 1.54) is 0 Å². The highest BCUT2D eigenvalue weighted by atomic mass is 16.6. The Morgan fingerprint density at radius 2 is 1.64 bits per heavy atom. The lowest BCUT2D eigenvalue weighted by Gasteiger charge is -2.45. The van der Waals surface area contributed by atoms with E-state index in [-0.39, 0.29) is 17.7 Å². The summed E-state index contributed by atoms with van der Waals surface area (Å²) >= 11 is 0. The molecule has 7 heteroatoms. The van der Waals surface area contributed by atoms with Crippen LogP contribution < -0.4 is 10.6 Å². The van der Waals surface area contributed by atoms with Crippen LogP contribution in [-0.2, 0) is 20.9 Å². The summed E-state index contributed by atoms with van der Waals surface area (Å²) in [5.41, 5.74) is 1.000. The molecule has 0 radical (unpaired) electrons. The number of alkyl carbamates (subject to hydrolysis) is 1. The molecule has 0 saturated heterocycles. The van der Waals surface area contributed by atoms with Crippen molar-refractivity contribution >= 4 is 24.0 Å². The Bertz CT molecular complexity index is 1140. The molecule has 0 fully saturated rings. The van der Waals surface area contributed by atoms with E-state index < -0.39 is 29.3 Å². The van der Waals surface area contributed by atoms with E-state index in [1.54, 1.807) is 31.7 Å². The maximum atomic E-state index is 14.4. The highest BCUT2D eigenvalue weighted by Gasteiger charge is 2.43. The van der Waals surface area contributed by atoms with Crippen LogP contribution in [0.3, 0.4) is 0 Å². The zero-order valence-electron chi connectivity index (χ0n) is 24.7. The van der Waals surface area contributed by atoms with E-state index in [1.807, 2.05) is 89.2 Å². The summed E-state index contributed by atoms with van der Waals surface area (Å²) in [7, 11) is 0. The SMILES string of the molecule is C=Cc1cccc(C(C(=O)NCc2ccccc2)N(C(=O)C(NC(=O)OC(C)(C)C)C(C)C)C(C)(C)CC)c1. The number of carbonyl (C=O) groups excluding carboxylic acids is 3. The smallest absolute Gasteiger partial charge is 0.408 e. The van der Waals surface area contributed by atoms with Gasteiger partial charge in [-0.15, -0.1) is 0 Å². The molecule has 39 heavy (non-hydrogen) atoms. The lowest BCUT2D eigenvalue weighted by molar-refractivity contribution is -0.150. The lowest BCUT2D eigenvalue weighted by Crippen LogP contribution is -2.60. The van der Waals surface area contributed by atoms with Gasteiger partial charge in [-0.3, -0.25) is 9.59 Å². The van der Waals surface area contributed by atoms with Crippen molar-refractivity contribution in [2.75, 3.05) is 0 Å². The summed E-state index contributed by atoms with van der Waals surface area (Å²) < 4.78 is 5.46. The molecule has 7 nitrogen and oxygen atoms in total. The predicted molar refractivity (Wildman–Crippen MR) is 157 cm³/mol. The molecule has 2 atom stereocenters. The van der Waals surface area contributed by atoms with Gasteiger partial charge in [-0.05, 0) is 69.7 Å². The van der Waals surface area contributed by atoms with E-state index in [9.17, 15) is 14.4 Å². The number of amides is 3. The van der Waals surface area contributed by atoms with Crippen LogP contribution in [-0.4, -0.2) is 40.0 Å². The minimum Gasteiger partial charge on any atom is -0.444 e. The molecule has 2 aromatic carbocycles. The Morgan fingerprint density at radius 3 is 2.18 bits per heavy atom. The number of nitrogens with one attached hydrogen (secondary N) is 2. The first-order valence-corrected chi connectivity index (χ1v) is 13.6. The van der Waals surface area contributed by atoms with Gasteiger partial charge in [0.05, 0.1) is 0 Å². The molecule has 2 N–H and O–H groups in total. The third-order valence-electron chi connectivity index (χ3n) is 6.64. The number of nitrogens with zero attached hydrogens (tertiary/aromatic N) is 1. The minimum atomic E-state index is -0.947. The molecule has 212 valence electrons. The van der Waals surface area contributed by atoms with Crippen LogP contribution in [0.2, 0.25) is 0 Å². The average Bonchev–Trinajstić information content (AvgIpc) is 2.87. The van der Waals surface area contributed by atoms with Gasteiger partial charge in [0, 0.05) is 12.1 Å². The second kappa shape index (κ2) is 13.5. The van der Waals surface area contributed by atoms with Gasteiger partial charge in [-0.25, -0.2) is 4.79 Å². The minimum absolute atomic E-state index is 0.257. The number of hydrogen-bond acceptors (Lipinski definition) is 4. The summed E-state index contributed by atoms with van der Waals surface area (Å²) in [6.45, 7) is 19.1. The molecule has 0 spiro atoms. The van der Waals surface area contributed by atoms with Crippen LogP contribution in [0.5, 0.6) is 0 Å². The number of benzene rings is 2. The van der Waals surface area contributed by atoms with Crippen molar-refractivity contribution in [1.29, 1.82) is 0 Å². The van der Waals surface area contributed by atoms with Crippen molar-refractivity contribution in [3.05, 3.63) is 77.9 Å². The largest absolute Gasteiger partial charge is 0.444 e. The maximum absolute atomic E-state index is 14.4. The van der Waals surface area contributed by atoms with E-state index in [2.05, 4.69) is 17.2 Å². The zero-order chi connectivity index (χ0) is 29.4. The Balaban J connectivity index is 2.59. The normalized spacial score (nSPS) is 13.3. The Labute approximate surface area is 234 Å². The van der Waals surface area contributed by atoms with Crippen molar-refractivity contribution < 1.29 is 19.1 Å². The predicted octanol–water partition coefficient (Wildman–Crippen LogP) is 6.25. The van der Waals surface area contributed by atoms with E-state index >= 15 is 0 Å². The van der Waals surface area contributed by atoms with Crippen molar-refractivity contribution in [1.82, 2.24) is 15.5 Å². The number of rotatable bonds is 11. The quantitative estimate of drug-likeness (QED) is 0.356. The van der Waals surface area contributed by atoms with Crippen LogP contribution in [0.4, 0.5) is 4.79 Å². The van der Waals surface area contributed by atoms with Crippen LogP contribution in [0, 0.1) is 5.92 Å². The highest BCUT2D eigenvalue weighted by molar-refractivity contribution is 5.93.